The molecule has 4 nitrogen and oxygen atoms in total. The summed E-state index contributed by atoms with van der Waals surface area (Å²) in [4.78, 5) is 26.8. The molecule has 1 aliphatic heterocycles. The minimum Gasteiger partial charge on any atom is -0.486 e. The lowest BCUT2D eigenvalue weighted by Crippen LogP contribution is -2.43. The van der Waals surface area contributed by atoms with Gasteiger partial charge in [0, 0.05) is 18.4 Å². The maximum absolute atomic E-state index is 12.7. The summed E-state index contributed by atoms with van der Waals surface area (Å²) in [5.74, 6) is 0.704. The highest BCUT2D eigenvalue weighted by Gasteiger charge is 2.28. The molecule has 1 heterocycles. The molecular weight excluding hydrogens is 314 g/mol. The Balaban J connectivity index is 1.68. The van der Waals surface area contributed by atoms with E-state index >= 15 is 0 Å². The number of amides is 1. The molecule has 0 N–H and O–H groups in total. The Morgan fingerprint density at radius 2 is 1.80 bits per heavy atom. The van der Waals surface area contributed by atoms with Crippen LogP contribution in [-0.4, -0.2) is 24.3 Å². The van der Waals surface area contributed by atoms with Crippen LogP contribution in [0.25, 0.3) is 0 Å². The average Bonchev–Trinajstić information content (AvgIpc) is 2.65. The number of ether oxygens (including phenoxy) is 1. The minimum absolute atomic E-state index is 0.00179. The van der Waals surface area contributed by atoms with Gasteiger partial charge in [-0.25, -0.2) is 0 Å². The molecule has 130 valence electrons. The highest BCUT2D eigenvalue weighted by molar-refractivity contribution is 6.01. The number of ketones is 1. The molecule has 1 amide bonds. The van der Waals surface area contributed by atoms with E-state index < -0.39 is 0 Å². The maximum atomic E-state index is 12.7. The van der Waals surface area contributed by atoms with Gasteiger partial charge in [-0.2, -0.15) is 0 Å². The standard InChI is InChI=1S/C21H23NO3/c1-3-17-14-22(18-6-4-5-7-20(18)25-17)21(24)13-12-19(23)16-10-8-15(2)9-11-16/h4-11,17H,3,12-14H2,1-2H3. The van der Waals surface area contributed by atoms with Crippen molar-refractivity contribution in [3.63, 3.8) is 0 Å². The maximum Gasteiger partial charge on any atom is 0.227 e. The Hall–Kier alpha value is -2.62. The third-order valence-corrected chi connectivity index (χ3v) is 4.53. The van der Waals surface area contributed by atoms with Crippen molar-refractivity contribution < 1.29 is 14.3 Å². The first-order valence-corrected chi connectivity index (χ1v) is 8.74. The molecule has 4 heteroatoms. The molecule has 0 radical (unpaired) electrons. The Morgan fingerprint density at radius 3 is 2.52 bits per heavy atom. The molecule has 0 saturated carbocycles. The molecule has 0 saturated heterocycles. The number of anilines is 1. The number of hydrogen-bond acceptors (Lipinski definition) is 3. The number of fused-ring (bicyclic) bond motifs is 1. The van der Waals surface area contributed by atoms with Gasteiger partial charge < -0.3 is 9.64 Å². The molecule has 1 atom stereocenters. The number of carbonyl (C=O) groups excluding carboxylic acids is 2. The summed E-state index contributed by atoms with van der Waals surface area (Å²) in [5.41, 5.74) is 2.57. The monoisotopic (exact) mass is 337 g/mol. The lowest BCUT2D eigenvalue weighted by Gasteiger charge is -2.34. The van der Waals surface area contributed by atoms with Crippen molar-refractivity contribution in [1.29, 1.82) is 0 Å². The van der Waals surface area contributed by atoms with Crippen LogP contribution in [0.3, 0.4) is 0 Å². The highest BCUT2D eigenvalue weighted by atomic mass is 16.5. The molecule has 1 aliphatic rings. The first-order chi connectivity index (χ1) is 12.1. The van der Waals surface area contributed by atoms with Gasteiger partial charge in [0.1, 0.15) is 11.9 Å². The van der Waals surface area contributed by atoms with Crippen molar-refractivity contribution in [3.8, 4) is 5.75 Å². The quantitative estimate of drug-likeness (QED) is 0.770. The number of rotatable bonds is 5. The summed E-state index contributed by atoms with van der Waals surface area (Å²) in [6.45, 7) is 4.56. The SMILES string of the molecule is CCC1CN(C(=O)CCC(=O)c2ccc(C)cc2)c2ccccc2O1. The fourth-order valence-corrected chi connectivity index (χ4v) is 2.99. The lowest BCUT2D eigenvalue weighted by atomic mass is 10.0. The van der Waals surface area contributed by atoms with Crippen molar-refractivity contribution in [2.45, 2.75) is 39.2 Å². The molecule has 1 unspecified atom stereocenters. The molecule has 3 rings (SSSR count). The Labute approximate surface area is 148 Å². The van der Waals surface area contributed by atoms with Gasteiger partial charge in [0.15, 0.2) is 5.78 Å². The van der Waals surface area contributed by atoms with Gasteiger partial charge in [-0.3, -0.25) is 9.59 Å². The highest BCUT2D eigenvalue weighted by Crippen LogP contribution is 2.34. The van der Waals surface area contributed by atoms with Crippen LogP contribution in [0.5, 0.6) is 5.75 Å². The zero-order valence-electron chi connectivity index (χ0n) is 14.7. The zero-order chi connectivity index (χ0) is 17.8. The van der Waals surface area contributed by atoms with Gasteiger partial charge in [0.05, 0.1) is 12.2 Å². The van der Waals surface area contributed by atoms with Crippen LogP contribution < -0.4 is 9.64 Å². The fourth-order valence-electron chi connectivity index (χ4n) is 2.99. The van der Waals surface area contributed by atoms with Crippen LogP contribution >= 0.6 is 0 Å². The van der Waals surface area contributed by atoms with Crippen molar-refractivity contribution in [3.05, 3.63) is 59.7 Å². The normalized spacial score (nSPS) is 16.1. The van der Waals surface area contributed by atoms with Crippen molar-refractivity contribution in [2.24, 2.45) is 0 Å². The number of hydrogen-bond donors (Lipinski definition) is 0. The van der Waals surface area contributed by atoms with Crippen molar-refractivity contribution >= 4 is 17.4 Å². The molecule has 0 spiro atoms. The van der Waals surface area contributed by atoms with Gasteiger partial charge in [0.2, 0.25) is 5.91 Å². The second-order valence-electron chi connectivity index (χ2n) is 6.41. The predicted octanol–water partition coefficient (Wildman–Crippen LogP) is 4.16. The molecule has 25 heavy (non-hydrogen) atoms. The van der Waals surface area contributed by atoms with E-state index in [1.54, 1.807) is 4.90 Å². The Morgan fingerprint density at radius 1 is 1.08 bits per heavy atom. The largest absolute Gasteiger partial charge is 0.486 e. The number of nitrogens with zero attached hydrogens (tertiary/aromatic N) is 1. The van der Waals surface area contributed by atoms with E-state index in [1.165, 1.54) is 0 Å². The predicted molar refractivity (Wildman–Crippen MR) is 98.2 cm³/mol. The summed E-state index contributed by atoms with van der Waals surface area (Å²) in [7, 11) is 0. The van der Waals surface area contributed by atoms with E-state index in [1.807, 2.05) is 62.4 Å². The topological polar surface area (TPSA) is 46.6 Å². The Kier molecular flexibility index (Phi) is 5.17. The van der Waals surface area contributed by atoms with Gasteiger partial charge in [-0.1, -0.05) is 48.9 Å². The molecule has 0 aromatic heterocycles. The van der Waals surface area contributed by atoms with E-state index in [2.05, 4.69) is 0 Å². The van der Waals surface area contributed by atoms with E-state index in [0.717, 1.165) is 23.4 Å². The zero-order valence-corrected chi connectivity index (χ0v) is 14.7. The van der Waals surface area contributed by atoms with Crippen LogP contribution in [0.2, 0.25) is 0 Å². The number of benzene rings is 2. The summed E-state index contributed by atoms with van der Waals surface area (Å²) in [5, 5.41) is 0. The molecule has 0 aliphatic carbocycles. The number of carbonyl (C=O) groups is 2. The molecular formula is C21H23NO3. The first kappa shape index (κ1) is 17.2. The lowest BCUT2D eigenvalue weighted by molar-refractivity contribution is -0.119. The second-order valence-corrected chi connectivity index (χ2v) is 6.41. The first-order valence-electron chi connectivity index (χ1n) is 8.74. The summed E-state index contributed by atoms with van der Waals surface area (Å²) < 4.78 is 5.91. The van der Waals surface area contributed by atoms with E-state index in [9.17, 15) is 9.59 Å². The van der Waals surface area contributed by atoms with Crippen LogP contribution in [0.15, 0.2) is 48.5 Å². The van der Waals surface area contributed by atoms with Gasteiger partial charge in [-0.05, 0) is 25.5 Å². The number of Topliss-reactive ketones (excluding diaryl/α,β-unsaturated/α-hetero) is 1. The fraction of sp³-hybridized carbons (Fsp3) is 0.333. The Bertz CT molecular complexity index is 767. The summed E-state index contributed by atoms with van der Waals surface area (Å²) in [6.07, 6.45) is 1.25. The molecule has 2 aromatic carbocycles. The van der Waals surface area contributed by atoms with E-state index in [-0.39, 0.29) is 30.6 Å². The molecule has 2 aromatic rings. The smallest absolute Gasteiger partial charge is 0.227 e. The van der Waals surface area contributed by atoms with E-state index in [4.69, 9.17) is 4.74 Å². The molecule has 0 bridgehead atoms. The van der Waals surface area contributed by atoms with Crippen molar-refractivity contribution in [2.75, 3.05) is 11.4 Å². The number of aryl methyl sites for hydroxylation is 1. The number of para-hydroxylation sites is 2. The third-order valence-electron chi connectivity index (χ3n) is 4.53. The third kappa shape index (κ3) is 3.90. The van der Waals surface area contributed by atoms with Crippen molar-refractivity contribution in [1.82, 2.24) is 0 Å². The van der Waals surface area contributed by atoms with Crippen LogP contribution in [-0.2, 0) is 4.79 Å². The van der Waals surface area contributed by atoms with Gasteiger partial charge in [-0.15, -0.1) is 0 Å². The minimum atomic E-state index is -0.0327. The molecule has 0 fully saturated rings. The average molecular weight is 337 g/mol. The van der Waals surface area contributed by atoms with Gasteiger partial charge in [0.25, 0.3) is 0 Å². The second kappa shape index (κ2) is 7.51. The van der Waals surface area contributed by atoms with Crippen LogP contribution in [0.4, 0.5) is 5.69 Å². The van der Waals surface area contributed by atoms with Gasteiger partial charge >= 0.3 is 0 Å². The van der Waals surface area contributed by atoms with Crippen LogP contribution in [0, 0.1) is 6.92 Å². The summed E-state index contributed by atoms with van der Waals surface area (Å²) >= 11 is 0. The summed E-state index contributed by atoms with van der Waals surface area (Å²) in [6, 6.07) is 15.0. The van der Waals surface area contributed by atoms with E-state index in [0.29, 0.717) is 12.1 Å². The van der Waals surface area contributed by atoms with Crippen LogP contribution in [0.1, 0.15) is 42.1 Å².